The van der Waals surface area contributed by atoms with Gasteiger partial charge in [-0.15, -0.1) is 13.2 Å². The molecule has 1 aromatic heterocycles. The predicted octanol–water partition coefficient (Wildman–Crippen LogP) is 1.39. The molecule has 1 N–H and O–H groups in total. The Morgan fingerprint density at radius 3 is 2.50 bits per heavy atom. The van der Waals surface area contributed by atoms with E-state index >= 15 is 0 Å². The lowest BCUT2D eigenvalue weighted by Crippen LogP contribution is -2.18. The van der Waals surface area contributed by atoms with E-state index in [1.807, 2.05) is 0 Å². The molecule has 0 aromatic carbocycles. The van der Waals surface area contributed by atoms with E-state index in [4.69, 9.17) is 5.11 Å². The summed E-state index contributed by atoms with van der Waals surface area (Å²) in [6.07, 6.45) is -5.10. The van der Waals surface area contributed by atoms with Gasteiger partial charge in [0.25, 0.3) is 0 Å². The normalized spacial score (nSPS) is 11.2. The van der Waals surface area contributed by atoms with Crippen molar-refractivity contribution in [2.24, 2.45) is 0 Å². The Labute approximate surface area is 97.9 Å². The van der Waals surface area contributed by atoms with Crippen molar-refractivity contribution in [2.45, 2.75) is 13.0 Å². The quantitative estimate of drug-likeness (QED) is 0.655. The summed E-state index contributed by atoms with van der Waals surface area (Å²) in [4.78, 5) is 12.6. The van der Waals surface area contributed by atoms with Crippen LogP contribution in [-0.4, -0.2) is 28.5 Å². The van der Waals surface area contributed by atoms with Crippen molar-refractivity contribution in [3.63, 3.8) is 0 Å². The van der Waals surface area contributed by atoms with Crippen molar-refractivity contribution in [2.75, 3.05) is 7.11 Å². The average molecular weight is 268 g/mol. The lowest BCUT2D eigenvalue weighted by atomic mass is 10.3. The van der Waals surface area contributed by atoms with Gasteiger partial charge in [-0.1, -0.05) is 0 Å². The highest BCUT2D eigenvalue weighted by atomic mass is 19.4. The Bertz CT molecular complexity index is 463. The molecular formula is C8H7F3N2O5. The molecule has 0 fully saturated rings. The number of aromatic nitrogens is 1. The molecular weight excluding hydrogens is 261 g/mol. The summed E-state index contributed by atoms with van der Waals surface area (Å²) < 4.78 is 44.2. The molecule has 0 unspecified atom stereocenters. The van der Waals surface area contributed by atoms with Crippen LogP contribution in [0, 0.1) is 10.1 Å². The molecule has 0 amide bonds. The number of nitro groups is 1. The lowest BCUT2D eigenvalue weighted by molar-refractivity contribution is -0.393. The molecule has 1 aromatic rings. The van der Waals surface area contributed by atoms with Crippen molar-refractivity contribution in [1.82, 2.24) is 4.98 Å². The van der Waals surface area contributed by atoms with E-state index in [9.17, 15) is 23.3 Å². The maximum Gasteiger partial charge on any atom is 0.573 e. The molecule has 0 atom stereocenters. The van der Waals surface area contributed by atoms with Crippen LogP contribution < -0.4 is 9.47 Å². The van der Waals surface area contributed by atoms with Crippen molar-refractivity contribution in [3.8, 4) is 11.5 Å². The largest absolute Gasteiger partial charge is 0.573 e. The topological polar surface area (TPSA) is 94.7 Å². The first-order valence-corrected chi connectivity index (χ1v) is 4.37. The molecule has 0 aliphatic rings. The molecule has 0 radical (unpaired) electrons. The molecule has 100 valence electrons. The van der Waals surface area contributed by atoms with Crippen LogP contribution in [0.15, 0.2) is 6.07 Å². The SMILES string of the molecule is COc1cc(OC(F)(F)F)c([N+](=O)[O-])nc1CO. The van der Waals surface area contributed by atoms with Gasteiger partial charge in [-0.3, -0.25) is 0 Å². The number of nitrogens with zero attached hydrogens (tertiary/aromatic N) is 2. The molecule has 0 spiro atoms. The smallest absolute Gasteiger partial charge is 0.492 e. The minimum atomic E-state index is -5.10. The number of halogens is 3. The minimum Gasteiger partial charge on any atom is -0.492 e. The Kier molecular flexibility index (Phi) is 3.91. The third-order valence-electron chi connectivity index (χ3n) is 1.78. The molecule has 1 rings (SSSR count). The molecule has 7 nitrogen and oxygen atoms in total. The Morgan fingerprint density at radius 1 is 1.50 bits per heavy atom. The number of ether oxygens (including phenoxy) is 2. The maximum atomic E-state index is 12.0. The number of alkyl halides is 3. The lowest BCUT2D eigenvalue weighted by Gasteiger charge is -2.10. The maximum absolute atomic E-state index is 12.0. The molecule has 0 bridgehead atoms. The Morgan fingerprint density at radius 2 is 2.11 bits per heavy atom. The second-order valence-corrected chi connectivity index (χ2v) is 2.92. The van der Waals surface area contributed by atoms with Crippen LogP contribution in [0.2, 0.25) is 0 Å². The summed E-state index contributed by atoms with van der Waals surface area (Å²) in [6.45, 7) is -0.726. The standard InChI is InChI=1S/C8H7F3N2O5/c1-17-5-2-6(18-8(9,10)11)7(13(15)16)12-4(5)3-14/h2,14H,3H2,1H3. The summed E-state index contributed by atoms with van der Waals surface area (Å²) in [5.74, 6) is -2.51. The van der Waals surface area contributed by atoms with Crippen molar-refractivity contribution in [3.05, 3.63) is 21.9 Å². The van der Waals surface area contributed by atoms with Crippen LogP contribution in [0.25, 0.3) is 0 Å². The molecule has 18 heavy (non-hydrogen) atoms. The second-order valence-electron chi connectivity index (χ2n) is 2.92. The van der Waals surface area contributed by atoms with E-state index in [0.29, 0.717) is 6.07 Å². The third-order valence-corrected chi connectivity index (χ3v) is 1.78. The van der Waals surface area contributed by atoms with E-state index in [0.717, 1.165) is 7.11 Å². The first kappa shape index (κ1) is 14.0. The molecule has 0 aliphatic heterocycles. The number of pyridine rings is 1. The van der Waals surface area contributed by atoms with Crippen molar-refractivity contribution in [1.29, 1.82) is 0 Å². The zero-order chi connectivity index (χ0) is 13.9. The molecule has 10 heteroatoms. The highest BCUT2D eigenvalue weighted by Crippen LogP contribution is 2.35. The predicted molar refractivity (Wildman–Crippen MR) is 50.0 cm³/mol. The van der Waals surface area contributed by atoms with Crippen LogP contribution >= 0.6 is 0 Å². The number of hydrogen-bond acceptors (Lipinski definition) is 6. The van der Waals surface area contributed by atoms with E-state index in [-0.39, 0.29) is 11.4 Å². The van der Waals surface area contributed by atoms with Crippen LogP contribution in [0.3, 0.4) is 0 Å². The van der Waals surface area contributed by atoms with Crippen LogP contribution in [-0.2, 0) is 6.61 Å². The Balaban J connectivity index is 3.33. The average Bonchev–Trinajstić information content (AvgIpc) is 2.25. The van der Waals surface area contributed by atoms with Gasteiger partial charge in [0.15, 0.2) is 5.75 Å². The van der Waals surface area contributed by atoms with Crippen LogP contribution in [0.5, 0.6) is 11.5 Å². The number of hydrogen-bond donors (Lipinski definition) is 1. The summed E-state index contributed by atoms with van der Waals surface area (Å²) in [5, 5.41) is 19.4. The van der Waals surface area contributed by atoms with Gasteiger partial charge >= 0.3 is 12.2 Å². The van der Waals surface area contributed by atoms with Gasteiger partial charge in [-0.25, -0.2) is 0 Å². The van der Waals surface area contributed by atoms with Crippen LogP contribution in [0.1, 0.15) is 5.69 Å². The van der Waals surface area contributed by atoms with Crippen molar-refractivity contribution >= 4 is 5.82 Å². The zero-order valence-electron chi connectivity index (χ0n) is 8.89. The van der Waals surface area contributed by atoms with Gasteiger partial charge in [-0.2, -0.15) is 0 Å². The van der Waals surface area contributed by atoms with Gasteiger partial charge in [0.1, 0.15) is 6.61 Å². The highest BCUT2D eigenvalue weighted by Gasteiger charge is 2.36. The zero-order valence-corrected chi connectivity index (χ0v) is 8.89. The summed E-state index contributed by atoms with van der Waals surface area (Å²) in [6, 6.07) is 0.643. The summed E-state index contributed by atoms with van der Waals surface area (Å²) in [7, 11) is 1.11. The summed E-state index contributed by atoms with van der Waals surface area (Å²) in [5.41, 5.74) is -0.265. The van der Waals surface area contributed by atoms with Gasteiger partial charge in [0.05, 0.1) is 7.11 Å². The van der Waals surface area contributed by atoms with E-state index < -0.39 is 29.5 Å². The third kappa shape index (κ3) is 3.20. The molecule has 0 saturated heterocycles. The minimum absolute atomic E-state index is 0.248. The number of methoxy groups -OCH3 is 1. The Hall–Kier alpha value is -2.10. The summed E-state index contributed by atoms with van der Waals surface area (Å²) >= 11 is 0. The fourth-order valence-corrected chi connectivity index (χ4v) is 1.13. The monoisotopic (exact) mass is 268 g/mol. The first-order chi connectivity index (χ1) is 8.28. The van der Waals surface area contributed by atoms with Gasteiger partial charge < -0.3 is 24.7 Å². The molecule has 1 heterocycles. The van der Waals surface area contributed by atoms with Crippen molar-refractivity contribution < 1.29 is 32.7 Å². The van der Waals surface area contributed by atoms with Gasteiger partial charge in [0, 0.05) is 6.07 Å². The van der Waals surface area contributed by atoms with Gasteiger partial charge in [0.2, 0.25) is 11.4 Å². The van der Waals surface area contributed by atoms with E-state index in [1.165, 1.54) is 0 Å². The highest BCUT2D eigenvalue weighted by molar-refractivity contribution is 5.47. The molecule has 0 saturated carbocycles. The number of aliphatic hydroxyl groups excluding tert-OH is 1. The van der Waals surface area contributed by atoms with E-state index in [1.54, 1.807) is 0 Å². The first-order valence-electron chi connectivity index (χ1n) is 4.37. The fraction of sp³-hybridized carbons (Fsp3) is 0.375. The number of aliphatic hydroxyl groups is 1. The van der Waals surface area contributed by atoms with Crippen LogP contribution in [0.4, 0.5) is 19.0 Å². The van der Waals surface area contributed by atoms with E-state index in [2.05, 4.69) is 14.5 Å². The second kappa shape index (κ2) is 5.04. The fourth-order valence-electron chi connectivity index (χ4n) is 1.13. The van der Waals surface area contributed by atoms with Gasteiger partial charge in [-0.05, 0) is 9.91 Å². The number of rotatable bonds is 4. The molecule has 0 aliphatic carbocycles.